The van der Waals surface area contributed by atoms with E-state index in [2.05, 4.69) is 10.6 Å². The average Bonchev–Trinajstić information content (AvgIpc) is 3.23. The van der Waals surface area contributed by atoms with Crippen LogP contribution in [0.2, 0.25) is 10.0 Å². The molecule has 8 heteroatoms. The smallest absolute Gasteiger partial charge is 0.322 e. The second-order valence-corrected chi connectivity index (χ2v) is 6.73. The molecule has 23 heavy (non-hydrogen) atoms. The second kappa shape index (κ2) is 5.69. The van der Waals surface area contributed by atoms with E-state index in [4.69, 9.17) is 28.3 Å². The van der Waals surface area contributed by atoms with Gasteiger partial charge in [0, 0.05) is 5.92 Å². The number of rotatable bonds is 5. The monoisotopic (exact) mass is 356 g/mol. The molecule has 2 fully saturated rings. The molecule has 1 aromatic carbocycles. The fraction of sp³-hybridized carbons (Fsp3) is 0.400. The number of amides is 3. The Balaban J connectivity index is 1.80. The molecule has 0 radical (unpaired) electrons. The summed E-state index contributed by atoms with van der Waals surface area (Å²) in [6.45, 7) is 0. The van der Waals surface area contributed by atoms with Crippen LogP contribution in [0.3, 0.4) is 0 Å². The molecule has 3 atom stereocenters. The third kappa shape index (κ3) is 2.88. The first-order valence-corrected chi connectivity index (χ1v) is 7.89. The van der Waals surface area contributed by atoms with Crippen molar-refractivity contribution in [3.05, 3.63) is 33.8 Å². The van der Waals surface area contributed by atoms with Gasteiger partial charge in [-0.3, -0.25) is 14.9 Å². The van der Waals surface area contributed by atoms with Crippen LogP contribution in [0.15, 0.2) is 18.2 Å². The highest BCUT2D eigenvalue weighted by Gasteiger charge is 2.62. The van der Waals surface area contributed by atoms with Gasteiger partial charge in [0.05, 0.1) is 16.0 Å². The van der Waals surface area contributed by atoms with Gasteiger partial charge in [0.25, 0.3) is 5.91 Å². The number of carbonyl (C=O) groups excluding carboxylic acids is 2. The highest BCUT2D eigenvalue weighted by Crippen LogP contribution is 2.49. The molecule has 1 aliphatic heterocycles. The number of aryl methyl sites for hydroxylation is 1. The van der Waals surface area contributed by atoms with Gasteiger partial charge < -0.3 is 10.4 Å². The van der Waals surface area contributed by atoms with E-state index in [0.29, 0.717) is 29.3 Å². The molecular formula is C15H14Cl2N2O4. The second-order valence-electron chi connectivity index (χ2n) is 5.91. The van der Waals surface area contributed by atoms with Gasteiger partial charge in [-0.25, -0.2) is 4.79 Å². The number of imide groups is 1. The summed E-state index contributed by atoms with van der Waals surface area (Å²) in [5, 5.41) is 14.8. The lowest BCUT2D eigenvalue weighted by atomic mass is 9.85. The summed E-state index contributed by atoms with van der Waals surface area (Å²) in [6, 6.07) is 4.57. The molecule has 1 aliphatic carbocycles. The minimum Gasteiger partial charge on any atom is -0.481 e. The van der Waals surface area contributed by atoms with Gasteiger partial charge in [0.15, 0.2) is 0 Å². The van der Waals surface area contributed by atoms with Crippen LogP contribution in [-0.4, -0.2) is 28.6 Å². The summed E-state index contributed by atoms with van der Waals surface area (Å²) in [6.07, 6.45) is 1.15. The maximum atomic E-state index is 12.3. The number of halogens is 2. The van der Waals surface area contributed by atoms with Crippen LogP contribution in [-0.2, 0) is 16.0 Å². The summed E-state index contributed by atoms with van der Waals surface area (Å²) < 4.78 is 0. The van der Waals surface area contributed by atoms with Crippen molar-refractivity contribution in [2.45, 2.75) is 24.8 Å². The van der Waals surface area contributed by atoms with E-state index in [-0.39, 0.29) is 0 Å². The minimum atomic E-state index is -1.17. The number of carboxylic acid groups (broad SMARTS) is 1. The molecule has 2 aliphatic rings. The number of hydrogen-bond donors (Lipinski definition) is 3. The molecule has 3 N–H and O–H groups in total. The molecule has 0 aromatic heterocycles. The van der Waals surface area contributed by atoms with Gasteiger partial charge in [0.1, 0.15) is 5.54 Å². The van der Waals surface area contributed by atoms with Crippen molar-refractivity contribution in [2.75, 3.05) is 0 Å². The Hall–Kier alpha value is -1.79. The van der Waals surface area contributed by atoms with Crippen LogP contribution in [0, 0.1) is 11.8 Å². The van der Waals surface area contributed by atoms with E-state index in [0.717, 1.165) is 5.56 Å². The first-order valence-electron chi connectivity index (χ1n) is 7.14. The Morgan fingerprint density at radius 1 is 1.30 bits per heavy atom. The molecule has 3 unspecified atom stereocenters. The van der Waals surface area contributed by atoms with Gasteiger partial charge in [-0.1, -0.05) is 29.3 Å². The lowest BCUT2D eigenvalue weighted by Crippen LogP contribution is -2.50. The van der Waals surface area contributed by atoms with Crippen LogP contribution < -0.4 is 10.6 Å². The van der Waals surface area contributed by atoms with Crippen LogP contribution in [0.4, 0.5) is 4.79 Å². The summed E-state index contributed by atoms with van der Waals surface area (Å²) in [5.41, 5.74) is -0.313. The third-order valence-corrected chi connectivity index (χ3v) is 5.24. The molecular weight excluding hydrogens is 343 g/mol. The number of carbonyl (C=O) groups is 3. The average molecular weight is 357 g/mol. The maximum absolute atomic E-state index is 12.3. The normalized spacial score (nSPS) is 29.1. The van der Waals surface area contributed by atoms with Gasteiger partial charge in [-0.05, 0) is 37.0 Å². The molecule has 1 saturated heterocycles. The number of carboxylic acids is 1. The molecule has 3 amide bonds. The SMILES string of the molecule is O=C1NC(=O)C(CCc2ccc(Cl)c(Cl)c2)(C2CC2C(=O)O)N1. The lowest BCUT2D eigenvalue weighted by molar-refractivity contribution is -0.139. The molecule has 1 saturated carbocycles. The van der Waals surface area contributed by atoms with Gasteiger partial charge in [0.2, 0.25) is 0 Å². The first-order chi connectivity index (χ1) is 10.8. The topological polar surface area (TPSA) is 95.5 Å². The Labute approximate surface area is 142 Å². The molecule has 0 bridgehead atoms. The fourth-order valence-electron chi connectivity index (χ4n) is 3.18. The summed E-state index contributed by atoms with van der Waals surface area (Å²) in [7, 11) is 0. The van der Waals surface area contributed by atoms with E-state index < -0.39 is 35.3 Å². The third-order valence-electron chi connectivity index (χ3n) is 4.50. The lowest BCUT2D eigenvalue weighted by Gasteiger charge is -2.26. The van der Waals surface area contributed by atoms with E-state index in [9.17, 15) is 14.4 Å². The zero-order chi connectivity index (χ0) is 16.8. The van der Waals surface area contributed by atoms with E-state index in [1.807, 2.05) is 0 Å². The molecule has 1 aromatic rings. The minimum absolute atomic E-state index is 0.303. The van der Waals surface area contributed by atoms with E-state index in [1.165, 1.54) is 0 Å². The first kappa shape index (κ1) is 16.1. The number of hydrogen-bond acceptors (Lipinski definition) is 3. The fourth-order valence-corrected chi connectivity index (χ4v) is 3.50. The van der Waals surface area contributed by atoms with Crippen molar-refractivity contribution in [1.29, 1.82) is 0 Å². The highest BCUT2D eigenvalue weighted by atomic mass is 35.5. The van der Waals surface area contributed by atoms with Crippen molar-refractivity contribution in [2.24, 2.45) is 11.8 Å². The maximum Gasteiger partial charge on any atom is 0.322 e. The Kier molecular flexibility index (Phi) is 3.98. The largest absolute Gasteiger partial charge is 0.481 e. The zero-order valence-corrected chi connectivity index (χ0v) is 13.4. The highest BCUT2D eigenvalue weighted by molar-refractivity contribution is 6.42. The van der Waals surface area contributed by atoms with Crippen LogP contribution in [0.25, 0.3) is 0 Å². The summed E-state index contributed by atoms with van der Waals surface area (Å²) in [5.74, 6) is -2.41. The number of nitrogens with one attached hydrogen (secondary N) is 2. The number of aliphatic carboxylic acids is 1. The van der Waals surface area contributed by atoms with E-state index in [1.54, 1.807) is 18.2 Å². The number of urea groups is 1. The molecule has 122 valence electrons. The number of benzene rings is 1. The Bertz CT molecular complexity index is 709. The van der Waals surface area contributed by atoms with Crippen LogP contribution in [0.5, 0.6) is 0 Å². The molecule has 1 heterocycles. The van der Waals surface area contributed by atoms with Gasteiger partial charge >= 0.3 is 12.0 Å². The standard InChI is InChI=1S/C15H14Cl2N2O4/c16-10-2-1-7(5-11(10)17)3-4-15(9-6-8(9)12(20)21)13(22)18-14(23)19-15/h1-2,5,8-9H,3-4,6H2,(H,20,21)(H2,18,19,22,23). The summed E-state index contributed by atoms with van der Waals surface area (Å²) >= 11 is 11.9. The quantitative estimate of drug-likeness (QED) is 0.704. The molecule has 0 spiro atoms. The molecule has 3 rings (SSSR count). The van der Waals surface area contributed by atoms with E-state index >= 15 is 0 Å². The Morgan fingerprint density at radius 3 is 2.57 bits per heavy atom. The Morgan fingerprint density at radius 2 is 2.04 bits per heavy atom. The van der Waals surface area contributed by atoms with Crippen molar-refractivity contribution in [1.82, 2.24) is 10.6 Å². The van der Waals surface area contributed by atoms with Crippen molar-refractivity contribution >= 4 is 41.1 Å². The van der Waals surface area contributed by atoms with Crippen molar-refractivity contribution in [3.63, 3.8) is 0 Å². The van der Waals surface area contributed by atoms with Crippen LogP contribution in [0.1, 0.15) is 18.4 Å². The van der Waals surface area contributed by atoms with Gasteiger partial charge in [-0.15, -0.1) is 0 Å². The van der Waals surface area contributed by atoms with Crippen LogP contribution >= 0.6 is 23.2 Å². The van der Waals surface area contributed by atoms with Crippen molar-refractivity contribution in [3.8, 4) is 0 Å². The van der Waals surface area contributed by atoms with Gasteiger partial charge in [-0.2, -0.15) is 0 Å². The van der Waals surface area contributed by atoms with Crippen molar-refractivity contribution < 1.29 is 19.5 Å². The predicted molar refractivity (Wildman–Crippen MR) is 83.4 cm³/mol. The predicted octanol–water partition coefficient (Wildman–Crippen LogP) is 2.22. The summed E-state index contributed by atoms with van der Waals surface area (Å²) in [4.78, 5) is 35.0. The molecule has 6 nitrogen and oxygen atoms in total. The zero-order valence-electron chi connectivity index (χ0n) is 11.9.